The zero-order valence-corrected chi connectivity index (χ0v) is 5.41. The van der Waals surface area contributed by atoms with E-state index < -0.39 is 23.9 Å². The van der Waals surface area contributed by atoms with Crippen LogP contribution in [0.3, 0.4) is 0 Å². The molecule has 1 aliphatic rings. The number of carbonyl (C=O) groups excluding carboxylic acids is 1. The smallest absolute Gasteiger partial charge is 0.367 e. The van der Waals surface area contributed by atoms with E-state index >= 15 is 0 Å². The highest BCUT2D eigenvalue weighted by Crippen LogP contribution is 2.16. The van der Waals surface area contributed by atoms with Crippen LogP contribution in [0.2, 0.25) is 0 Å². The number of rotatable bonds is 2. The van der Waals surface area contributed by atoms with Gasteiger partial charge in [-0.3, -0.25) is 4.79 Å². The fourth-order valence-electron chi connectivity index (χ4n) is 0.732. The molecular weight excluding hydrogens is 155 g/mol. The predicted octanol–water partition coefficient (Wildman–Crippen LogP) is 0.240. The van der Waals surface area contributed by atoms with E-state index in [0.717, 1.165) is 6.08 Å². The highest BCUT2D eigenvalue weighted by atomic mass is 19.1. The average molecular weight is 160 g/mol. The zero-order valence-electron chi connectivity index (χ0n) is 5.41. The molecule has 0 saturated heterocycles. The molecule has 1 heterocycles. The van der Waals surface area contributed by atoms with E-state index in [1.165, 1.54) is 0 Å². The van der Waals surface area contributed by atoms with Gasteiger partial charge in [0.2, 0.25) is 5.83 Å². The van der Waals surface area contributed by atoms with Gasteiger partial charge in [0.1, 0.15) is 6.10 Å². The standard InChI is InChI=1S/C6H5FO4/c7-4-1-3(2-5(8)9)11-6(4)10/h1,3H,2H2,(H,8,9)/t3-/m1/s1. The maximum Gasteiger partial charge on any atom is 0.367 e. The monoisotopic (exact) mass is 160 g/mol. The third kappa shape index (κ3) is 1.76. The Morgan fingerprint density at radius 1 is 1.82 bits per heavy atom. The molecule has 5 heteroatoms. The van der Waals surface area contributed by atoms with Crippen LogP contribution in [0.4, 0.5) is 4.39 Å². The van der Waals surface area contributed by atoms with Crippen LogP contribution in [0.1, 0.15) is 6.42 Å². The molecule has 4 nitrogen and oxygen atoms in total. The lowest BCUT2D eigenvalue weighted by Gasteiger charge is -2.01. The van der Waals surface area contributed by atoms with E-state index in [1.54, 1.807) is 0 Å². The number of carboxylic acid groups (broad SMARTS) is 1. The summed E-state index contributed by atoms with van der Waals surface area (Å²) in [4.78, 5) is 20.3. The first-order valence-electron chi connectivity index (χ1n) is 2.89. The summed E-state index contributed by atoms with van der Waals surface area (Å²) in [5, 5.41) is 8.20. The molecule has 0 amide bonds. The Kier molecular flexibility index (Phi) is 1.89. The van der Waals surface area contributed by atoms with Crippen molar-refractivity contribution in [1.82, 2.24) is 0 Å². The Bertz CT molecular complexity index is 233. The highest BCUT2D eigenvalue weighted by Gasteiger charge is 2.26. The van der Waals surface area contributed by atoms with Gasteiger partial charge in [0.15, 0.2) is 0 Å². The Balaban J connectivity index is 2.54. The number of halogens is 1. The molecule has 0 aromatic heterocycles. The quantitative estimate of drug-likeness (QED) is 0.587. The predicted molar refractivity (Wildman–Crippen MR) is 31.3 cm³/mol. The summed E-state index contributed by atoms with van der Waals surface area (Å²) in [5.41, 5.74) is 0. The number of hydrogen-bond donors (Lipinski definition) is 1. The van der Waals surface area contributed by atoms with Gasteiger partial charge in [0.25, 0.3) is 0 Å². The van der Waals surface area contributed by atoms with Crippen LogP contribution in [-0.4, -0.2) is 23.1 Å². The van der Waals surface area contributed by atoms with Crippen LogP contribution >= 0.6 is 0 Å². The van der Waals surface area contributed by atoms with Crippen molar-refractivity contribution in [2.45, 2.75) is 12.5 Å². The van der Waals surface area contributed by atoms with Crippen LogP contribution in [0.15, 0.2) is 11.9 Å². The molecule has 60 valence electrons. The van der Waals surface area contributed by atoms with Crippen molar-refractivity contribution in [2.24, 2.45) is 0 Å². The SMILES string of the molecule is O=C(O)C[C@H]1C=C(F)C(=O)O1. The van der Waals surface area contributed by atoms with Gasteiger partial charge in [0, 0.05) is 0 Å². The van der Waals surface area contributed by atoms with Crippen molar-refractivity contribution in [1.29, 1.82) is 0 Å². The molecule has 1 N–H and O–H groups in total. The first-order chi connectivity index (χ1) is 5.09. The number of carbonyl (C=O) groups is 2. The minimum atomic E-state index is -1.13. The third-order valence-electron chi connectivity index (χ3n) is 1.16. The molecule has 0 aromatic carbocycles. The molecule has 0 bridgehead atoms. The summed E-state index contributed by atoms with van der Waals surface area (Å²) in [7, 11) is 0. The Morgan fingerprint density at radius 3 is 2.82 bits per heavy atom. The fourth-order valence-corrected chi connectivity index (χ4v) is 0.732. The summed E-state index contributed by atoms with van der Waals surface area (Å²) < 4.78 is 16.5. The van der Waals surface area contributed by atoms with Crippen molar-refractivity contribution in [3.8, 4) is 0 Å². The Labute approximate surface area is 61.3 Å². The van der Waals surface area contributed by atoms with Crippen LogP contribution in [0.5, 0.6) is 0 Å². The van der Waals surface area contributed by atoms with Crippen molar-refractivity contribution in [2.75, 3.05) is 0 Å². The van der Waals surface area contributed by atoms with Gasteiger partial charge in [-0.05, 0) is 6.08 Å². The zero-order chi connectivity index (χ0) is 8.43. The van der Waals surface area contributed by atoms with Crippen LogP contribution in [-0.2, 0) is 14.3 Å². The summed E-state index contributed by atoms with van der Waals surface area (Å²) in [5.74, 6) is -3.23. The molecule has 0 fully saturated rings. The van der Waals surface area contributed by atoms with E-state index in [9.17, 15) is 14.0 Å². The average Bonchev–Trinajstić information content (AvgIpc) is 2.10. The summed E-state index contributed by atoms with van der Waals surface area (Å²) >= 11 is 0. The number of hydrogen-bond acceptors (Lipinski definition) is 3. The maximum absolute atomic E-state index is 12.2. The van der Waals surface area contributed by atoms with Gasteiger partial charge in [-0.15, -0.1) is 0 Å². The van der Waals surface area contributed by atoms with E-state index in [0.29, 0.717) is 0 Å². The normalized spacial score (nSPS) is 22.8. The number of aliphatic carboxylic acids is 1. The van der Waals surface area contributed by atoms with Crippen LogP contribution < -0.4 is 0 Å². The summed E-state index contributed by atoms with van der Waals surface area (Å²) in [6.45, 7) is 0. The molecule has 0 unspecified atom stereocenters. The minimum Gasteiger partial charge on any atom is -0.481 e. The number of cyclic esters (lactones) is 1. The molecule has 0 radical (unpaired) electrons. The highest BCUT2D eigenvalue weighted by molar-refractivity contribution is 5.89. The second kappa shape index (κ2) is 2.69. The van der Waals surface area contributed by atoms with Gasteiger partial charge in [-0.1, -0.05) is 0 Å². The van der Waals surface area contributed by atoms with E-state index in [2.05, 4.69) is 4.74 Å². The van der Waals surface area contributed by atoms with E-state index in [1.807, 2.05) is 0 Å². The fraction of sp³-hybridized carbons (Fsp3) is 0.333. The number of carboxylic acids is 1. The lowest BCUT2D eigenvalue weighted by molar-refractivity contribution is -0.145. The lowest BCUT2D eigenvalue weighted by atomic mass is 10.2. The molecule has 1 atom stereocenters. The number of esters is 1. The Hall–Kier alpha value is -1.39. The lowest BCUT2D eigenvalue weighted by Crippen LogP contribution is -2.12. The maximum atomic E-state index is 12.2. The molecule has 11 heavy (non-hydrogen) atoms. The van der Waals surface area contributed by atoms with Gasteiger partial charge in [-0.25, -0.2) is 4.79 Å². The van der Waals surface area contributed by atoms with Gasteiger partial charge < -0.3 is 9.84 Å². The third-order valence-corrected chi connectivity index (χ3v) is 1.16. The minimum absolute atomic E-state index is 0.390. The van der Waals surface area contributed by atoms with Crippen molar-refractivity contribution < 1.29 is 23.8 Å². The molecule has 0 aliphatic carbocycles. The van der Waals surface area contributed by atoms with Gasteiger partial charge in [-0.2, -0.15) is 4.39 Å². The molecule has 0 saturated carbocycles. The second-order valence-corrected chi connectivity index (χ2v) is 2.06. The molecule has 1 rings (SSSR count). The van der Waals surface area contributed by atoms with Crippen molar-refractivity contribution in [3.63, 3.8) is 0 Å². The molecular formula is C6H5FO4. The molecule has 0 spiro atoms. The van der Waals surface area contributed by atoms with E-state index in [4.69, 9.17) is 5.11 Å². The van der Waals surface area contributed by atoms with Crippen molar-refractivity contribution in [3.05, 3.63) is 11.9 Å². The first kappa shape index (κ1) is 7.71. The van der Waals surface area contributed by atoms with Crippen molar-refractivity contribution >= 4 is 11.9 Å². The Morgan fingerprint density at radius 2 is 2.45 bits per heavy atom. The summed E-state index contributed by atoms with van der Waals surface area (Å²) in [6.07, 6.45) is -0.477. The topological polar surface area (TPSA) is 63.6 Å². The summed E-state index contributed by atoms with van der Waals surface area (Å²) in [6, 6.07) is 0. The number of ether oxygens (including phenoxy) is 1. The molecule has 0 aromatic rings. The van der Waals surface area contributed by atoms with Crippen LogP contribution in [0.25, 0.3) is 0 Å². The van der Waals surface area contributed by atoms with Gasteiger partial charge >= 0.3 is 11.9 Å². The van der Waals surface area contributed by atoms with Gasteiger partial charge in [0.05, 0.1) is 6.42 Å². The molecule has 1 aliphatic heterocycles. The van der Waals surface area contributed by atoms with Crippen LogP contribution in [0, 0.1) is 0 Å². The first-order valence-corrected chi connectivity index (χ1v) is 2.89. The second-order valence-electron chi connectivity index (χ2n) is 2.06. The largest absolute Gasteiger partial charge is 0.481 e. The van der Waals surface area contributed by atoms with E-state index in [-0.39, 0.29) is 6.42 Å².